The lowest BCUT2D eigenvalue weighted by atomic mass is 10.2. The van der Waals surface area contributed by atoms with Crippen LogP contribution in [0.15, 0.2) is 24.3 Å². The molecule has 27 heavy (non-hydrogen) atoms. The summed E-state index contributed by atoms with van der Waals surface area (Å²) in [5, 5.41) is 14.0. The average Bonchev–Trinajstić information content (AvgIpc) is 2.70. The number of benzene rings is 1. The van der Waals surface area contributed by atoms with Crippen molar-refractivity contribution in [1.29, 1.82) is 0 Å². The zero-order chi connectivity index (χ0) is 19.6. The standard InChI is InChI=1S/C19H26N4O4/c1-5-6-7-10-20-17-9-8-14(22-23-17)19(24)21-13-11-15(25-2)18(27-4)16(12-13)26-3/h8-9,11-12H,5-7,10H2,1-4H3,(H,20,23)(H,21,24). The number of carbonyl (C=O) groups is 1. The monoisotopic (exact) mass is 374 g/mol. The molecule has 8 nitrogen and oxygen atoms in total. The quantitative estimate of drug-likeness (QED) is 0.616. The maximum absolute atomic E-state index is 12.4. The molecule has 1 aromatic carbocycles. The van der Waals surface area contributed by atoms with Gasteiger partial charge < -0.3 is 24.8 Å². The Balaban J connectivity index is 2.06. The molecule has 0 fully saturated rings. The summed E-state index contributed by atoms with van der Waals surface area (Å²) >= 11 is 0. The van der Waals surface area contributed by atoms with E-state index in [9.17, 15) is 4.79 Å². The van der Waals surface area contributed by atoms with Crippen molar-refractivity contribution in [3.8, 4) is 17.2 Å². The molecule has 2 aromatic rings. The van der Waals surface area contributed by atoms with Crippen LogP contribution in [0.25, 0.3) is 0 Å². The number of methoxy groups -OCH3 is 3. The summed E-state index contributed by atoms with van der Waals surface area (Å²) in [7, 11) is 4.55. The SMILES string of the molecule is CCCCCNc1ccc(C(=O)Nc2cc(OC)c(OC)c(OC)c2)nn1. The van der Waals surface area contributed by atoms with Crippen molar-refractivity contribution < 1.29 is 19.0 Å². The molecule has 0 unspecified atom stereocenters. The Bertz CT molecular complexity index is 725. The van der Waals surface area contributed by atoms with Gasteiger partial charge in [-0.25, -0.2) is 0 Å². The second-order valence-corrected chi connectivity index (χ2v) is 5.81. The first-order valence-corrected chi connectivity index (χ1v) is 8.81. The number of ether oxygens (including phenoxy) is 3. The van der Waals surface area contributed by atoms with Gasteiger partial charge in [0.2, 0.25) is 5.75 Å². The minimum atomic E-state index is -0.380. The van der Waals surface area contributed by atoms with Gasteiger partial charge >= 0.3 is 0 Å². The molecule has 2 N–H and O–H groups in total. The van der Waals surface area contributed by atoms with E-state index in [2.05, 4.69) is 27.8 Å². The van der Waals surface area contributed by atoms with Crippen molar-refractivity contribution in [2.24, 2.45) is 0 Å². The van der Waals surface area contributed by atoms with Crippen LogP contribution in [0.5, 0.6) is 17.2 Å². The van der Waals surface area contributed by atoms with E-state index >= 15 is 0 Å². The molecule has 2 rings (SSSR count). The molecule has 8 heteroatoms. The van der Waals surface area contributed by atoms with E-state index in [0.29, 0.717) is 28.8 Å². The fourth-order valence-corrected chi connectivity index (χ4v) is 2.49. The highest BCUT2D eigenvalue weighted by molar-refractivity contribution is 6.03. The van der Waals surface area contributed by atoms with Gasteiger partial charge in [-0.1, -0.05) is 19.8 Å². The third-order valence-corrected chi connectivity index (χ3v) is 3.91. The minimum Gasteiger partial charge on any atom is -0.493 e. The van der Waals surface area contributed by atoms with Gasteiger partial charge in [0.05, 0.1) is 21.3 Å². The van der Waals surface area contributed by atoms with E-state index in [0.717, 1.165) is 25.8 Å². The lowest BCUT2D eigenvalue weighted by molar-refractivity contribution is 0.102. The Kier molecular flexibility index (Phi) is 7.66. The summed E-state index contributed by atoms with van der Waals surface area (Å²) in [4.78, 5) is 12.4. The summed E-state index contributed by atoms with van der Waals surface area (Å²) in [6.45, 7) is 2.99. The van der Waals surface area contributed by atoms with E-state index in [4.69, 9.17) is 14.2 Å². The Morgan fingerprint density at radius 1 is 1.00 bits per heavy atom. The molecule has 0 saturated heterocycles. The van der Waals surface area contributed by atoms with Crippen LogP contribution in [0, 0.1) is 0 Å². The van der Waals surface area contributed by atoms with Crippen LogP contribution in [-0.2, 0) is 0 Å². The van der Waals surface area contributed by atoms with Gasteiger partial charge in [-0.2, -0.15) is 0 Å². The maximum Gasteiger partial charge on any atom is 0.276 e. The van der Waals surface area contributed by atoms with Crippen molar-refractivity contribution in [2.45, 2.75) is 26.2 Å². The molecule has 0 saturated carbocycles. The van der Waals surface area contributed by atoms with Gasteiger partial charge in [0.15, 0.2) is 17.2 Å². The van der Waals surface area contributed by atoms with E-state index in [1.165, 1.54) is 21.3 Å². The van der Waals surface area contributed by atoms with Gasteiger partial charge in [-0.05, 0) is 18.6 Å². The third kappa shape index (κ3) is 5.47. The van der Waals surface area contributed by atoms with Crippen LogP contribution in [0.1, 0.15) is 36.7 Å². The largest absolute Gasteiger partial charge is 0.493 e. The smallest absolute Gasteiger partial charge is 0.276 e. The topological polar surface area (TPSA) is 94.6 Å². The van der Waals surface area contributed by atoms with Crippen molar-refractivity contribution >= 4 is 17.4 Å². The molecular formula is C19H26N4O4. The molecule has 1 heterocycles. The van der Waals surface area contributed by atoms with Crippen LogP contribution < -0.4 is 24.8 Å². The predicted octanol–water partition coefficient (Wildman–Crippen LogP) is 3.36. The highest BCUT2D eigenvalue weighted by atomic mass is 16.5. The first-order valence-electron chi connectivity index (χ1n) is 8.81. The molecule has 1 aromatic heterocycles. The number of amides is 1. The summed E-state index contributed by atoms with van der Waals surface area (Å²) in [5.74, 6) is 1.62. The minimum absolute atomic E-state index is 0.211. The summed E-state index contributed by atoms with van der Waals surface area (Å²) < 4.78 is 15.8. The van der Waals surface area contributed by atoms with Crippen LogP contribution >= 0.6 is 0 Å². The number of unbranched alkanes of at least 4 members (excludes halogenated alkanes) is 2. The van der Waals surface area contributed by atoms with Gasteiger partial charge in [-0.3, -0.25) is 4.79 Å². The molecule has 0 aliphatic carbocycles. The number of hydrogen-bond donors (Lipinski definition) is 2. The predicted molar refractivity (Wildman–Crippen MR) is 104 cm³/mol. The summed E-state index contributed by atoms with van der Waals surface area (Å²) in [5.41, 5.74) is 0.709. The number of nitrogens with zero attached hydrogens (tertiary/aromatic N) is 2. The van der Waals surface area contributed by atoms with Crippen molar-refractivity contribution in [1.82, 2.24) is 10.2 Å². The number of hydrogen-bond acceptors (Lipinski definition) is 7. The number of nitrogens with one attached hydrogen (secondary N) is 2. The number of aromatic nitrogens is 2. The number of carbonyl (C=O) groups excluding carboxylic acids is 1. The molecule has 0 aliphatic rings. The normalized spacial score (nSPS) is 10.2. The molecule has 0 radical (unpaired) electrons. The zero-order valence-electron chi connectivity index (χ0n) is 16.2. The zero-order valence-corrected chi connectivity index (χ0v) is 16.2. The van der Waals surface area contributed by atoms with Crippen LogP contribution in [0.2, 0.25) is 0 Å². The summed E-state index contributed by atoms with van der Waals surface area (Å²) in [6.07, 6.45) is 3.39. The highest BCUT2D eigenvalue weighted by Crippen LogP contribution is 2.39. The Hall–Kier alpha value is -3.03. The van der Waals surface area contributed by atoms with E-state index in [1.807, 2.05) is 0 Å². The lowest BCUT2D eigenvalue weighted by Gasteiger charge is -2.14. The Morgan fingerprint density at radius 3 is 2.22 bits per heavy atom. The molecule has 1 amide bonds. The first-order chi connectivity index (χ1) is 13.1. The van der Waals surface area contributed by atoms with Gasteiger partial charge in [0, 0.05) is 24.4 Å². The van der Waals surface area contributed by atoms with Gasteiger partial charge in [-0.15, -0.1) is 10.2 Å². The number of rotatable bonds is 10. The molecule has 0 bridgehead atoms. The summed E-state index contributed by atoms with van der Waals surface area (Å²) in [6, 6.07) is 6.66. The Morgan fingerprint density at radius 2 is 1.70 bits per heavy atom. The second kappa shape index (κ2) is 10.2. The van der Waals surface area contributed by atoms with E-state index in [1.54, 1.807) is 24.3 Å². The van der Waals surface area contributed by atoms with Crippen molar-refractivity contribution in [3.05, 3.63) is 30.0 Å². The lowest BCUT2D eigenvalue weighted by Crippen LogP contribution is -2.15. The third-order valence-electron chi connectivity index (χ3n) is 3.91. The molecule has 0 spiro atoms. The molecule has 146 valence electrons. The maximum atomic E-state index is 12.4. The Labute approximate surface area is 159 Å². The fraction of sp³-hybridized carbons (Fsp3) is 0.421. The number of anilines is 2. The van der Waals surface area contributed by atoms with Gasteiger partial charge in [0.1, 0.15) is 5.82 Å². The first kappa shape index (κ1) is 20.3. The van der Waals surface area contributed by atoms with Gasteiger partial charge in [0.25, 0.3) is 5.91 Å². The van der Waals surface area contributed by atoms with Crippen LogP contribution in [0.4, 0.5) is 11.5 Å². The van der Waals surface area contributed by atoms with Crippen molar-refractivity contribution in [3.63, 3.8) is 0 Å². The van der Waals surface area contributed by atoms with E-state index < -0.39 is 0 Å². The van der Waals surface area contributed by atoms with E-state index in [-0.39, 0.29) is 11.6 Å². The van der Waals surface area contributed by atoms with Crippen molar-refractivity contribution in [2.75, 3.05) is 38.5 Å². The molecule has 0 atom stereocenters. The second-order valence-electron chi connectivity index (χ2n) is 5.81. The van der Waals surface area contributed by atoms with Crippen LogP contribution in [0.3, 0.4) is 0 Å². The van der Waals surface area contributed by atoms with Crippen LogP contribution in [-0.4, -0.2) is 44.0 Å². The molecular weight excluding hydrogens is 348 g/mol. The highest BCUT2D eigenvalue weighted by Gasteiger charge is 2.16. The molecule has 0 aliphatic heterocycles. The average molecular weight is 374 g/mol. The fourth-order valence-electron chi connectivity index (χ4n) is 2.49.